The molecule has 0 aliphatic heterocycles. The van der Waals surface area contributed by atoms with Gasteiger partial charge in [0.25, 0.3) is 0 Å². The van der Waals surface area contributed by atoms with Crippen molar-refractivity contribution in [3.63, 3.8) is 0 Å². The van der Waals surface area contributed by atoms with Crippen LogP contribution in [-0.2, 0) is 11.3 Å². The Bertz CT molecular complexity index is 391. The van der Waals surface area contributed by atoms with E-state index in [4.69, 9.17) is 9.84 Å². The van der Waals surface area contributed by atoms with Crippen molar-refractivity contribution in [1.29, 1.82) is 0 Å². The van der Waals surface area contributed by atoms with Crippen molar-refractivity contribution in [3.05, 3.63) is 23.3 Å². The molecule has 0 saturated heterocycles. The highest BCUT2D eigenvalue weighted by molar-refractivity contribution is 5.88. The number of carboxylic acid groups (broad SMARTS) is 1. The standard InChI is InChI=1S/C12H18N2O3/c1-4-5-17-7-10-13-6-9(12(15)16)11(14-10)8(2)3/h6,8H,4-5,7H2,1-3H3,(H,15,16). The summed E-state index contributed by atoms with van der Waals surface area (Å²) in [4.78, 5) is 19.2. The highest BCUT2D eigenvalue weighted by Gasteiger charge is 2.16. The van der Waals surface area contributed by atoms with E-state index >= 15 is 0 Å². The summed E-state index contributed by atoms with van der Waals surface area (Å²) >= 11 is 0. The zero-order chi connectivity index (χ0) is 12.8. The molecule has 17 heavy (non-hydrogen) atoms. The molecule has 0 bridgehead atoms. The zero-order valence-electron chi connectivity index (χ0n) is 10.4. The maximum atomic E-state index is 11.0. The first-order valence-corrected chi connectivity index (χ1v) is 5.73. The summed E-state index contributed by atoms with van der Waals surface area (Å²) in [5, 5.41) is 9.01. The maximum absolute atomic E-state index is 11.0. The van der Waals surface area contributed by atoms with E-state index in [9.17, 15) is 4.79 Å². The molecule has 0 unspecified atom stereocenters. The Kier molecular flexibility index (Phi) is 5.03. The lowest BCUT2D eigenvalue weighted by Gasteiger charge is -2.10. The number of nitrogens with zero attached hydrogens (tertiary/aromatic N) is 2. The number of carboxylic acids is 1. The van der Waals surface area contributed by atoms with Crippen molar-refractivity contribution in [2.24, 2.45) is 0 Å². The Morgan fingerprint density at radius 1 is 1.53 bits per heavy atom. The van der Waals surface area contributed by atoms with Gasteiger partial charge in [0.2, 0.25) is 0 Å². The van der Waals surface area contributed by atoms with Gasteiger partial charge in [0, 0.05) is 12.8 Å². The van der Waals surface area contributed by atoms with Crippen LogP contribution >= 0.6 is 0 Å². The van der Waals surface area contributed by atoms with E-state index in [2.05, 4.69) is 9.97 Å². The van der Waals surface area contributed by atoms with Crippen molar-refractivity contribution >= 4 is 5.97 Å². The van der Waals surface area contributed by atoms with E-state index < -0.39 is 5.97 Å². The predicted molar refractivity (Wildman–Crippen MR) is 63.0 cm³/mol. The third kappa shape index (κ3) is 3.78. The first-order valence-electron chi connectivity index (χ1n) is 5.73. The largest absolute Gasteiger partial charge is 0.478 e. The lowest BCUT2D eigenvalue weighted by atomic mass is 10.1. The number of aromatic carboxylic acids is 1. The van der Waals surface area contributed by atoms with Crippen LogP contribution in [0.1, 0.15) is 55.0 Å². The van der Waals surface area contributed by atoms with Crippen LogP contribution in [0.3, 0.4) is 0 Å². The normalized spacial score (nSPS) is 10.8. The minimum Gasteiger partial charge on any atom is -0.478 e. The average molecular weight is 238 g/mol. The number of ether oxygens (including phenoxy) is 1. The highest BCUT2D eigenvalue weighted by atomic mass is 16.5. The van der Waals surface area contributed by atoms with Gasteiger partial charge in [0.1, 0.15) is 6.61 Å². The van der Waals surface area contributed by atoms with E-state index in [1.807, 2.05) is 20.8 Å². The molecule has 1 rings (SSSR count). The topological polar surface area (TPSA) is 72.3 Å². The Hall–Kier alpha value is -1.49. The summed E-state index contributed by atoms with van der Waals surface area (Å²) in [5.74, 6) is -0.407. The molecule has 0 aliphatic carbocycles. The predicted octanol–water partition coefficient (Wildman–Crippen LogP) is 2.22. The number of aromatic nitrogens is 2. The number of hydrogen-bond donors (Lipinski definition) is 1. The van der Waals surface area contributed by atoms with Crippen LogP contribution in [0.25, 0.3) is 0 Å². The highest BCUT2D eigenvalue weighted by Crippen LogP contribution is 2.16. The van der Waals surface area contributed by atoms with E-state index in [0.29, 0.717) is 24.7 Å². The fraction of sp³-hybridized carbons (Fsp3) is 0.583. The molecule has 5 heteroatoms. The van der Waals surface area contributed by atoms with Crippen molar-refractivity contribution in [2.45, 2.75) is 39.7 Å². The molecular formula is C12H18N2O3. The summed E-state index contributed by atoms with van der Waals surface area (Å²) in [5.41, 5.74) is 0.724. The van der Waals surface area contributed by atoms with Gasteiger partial charge in [-0.3, -0.25) is 0 Å². The lowest BCUT2D eigenvalue weighted by Crippen LogP contribution is -2.11. The second-order valence-electron chi connectivity index (χ2n) is 4.10. The van der Waals surface area contributed by atoms with Crippen molar-refractivity contribution in [1.82, 2.24) is 9.97 Å². The van der Waals surface area contributed by atoms with Gasteiger partial charge in [-0.1, -0.05) is 20.8 Å². The average Bonchev–Trinajstić information content (AvgIpc) is 2.29. The van der Waals surface area contributed by atoms with Crippen LogP contribution in [0.15, 0.2) is 6.20 Å². The molecule has 94 valence electrons. The lowest BCUT2D eigenvalue weighted by molar-refractivity contribution is 0.0693. The summed E-state index contributed by atoms with van der Waals surface area (Å²) < 4.78 is 5.33. The van der Waals surface area contributed by atoms with E-state index in [1.54, 1.807) is 0 Å². The van der Waals surface area contributed by atoms with Gasteiger partial charge in [0.05, 0.1) is 11.3 Å². The summed E-state index contributed by atoms with van der Waals surface area (Å²) in [6.45, 7) is 6.82. The molecule has 1 N–H and O–H groups in total. The molecule has 1 heterocycles. The summed E-state index contributed by atoms with van der Waals surface area (Å²) in [6, 6.07) is 0. The Morgan fingerprint density at radius 3 is 2.76 bits per heavy atom. The molecule has 0 spiro atoms. The number of carbonyl (C=O) groups is 1. The minimum absolute atomic E-state index is 0.0500. The molecule has 0 radical (unpaired) electrons. The van der Waals surface area contributed by atoms with E-state index in [-0.39, 0.29) is 11.5 Å². The zero-order valence-corrected chi connectivity index (χ0v) is 10.4. The molecule has 5 nitrogen and oxygen atoms in total. The van der Waals surface area contributed by atoms with Gasteiger partial charge < -0.3 is 9.84 Å². The first kappa shape index (κ1) is 13.6. The molecule has 0 aromatic carbocycles. The van der Waals surface area contributed by atoms with Crippen LogP contribution in [0.5, 0.6) is 0 Å². The fourth-order valence-corrected chi connectivity index (χ4v) is 1.42. The molecular weight excluding hydrogens is 220 g/mol. The van der Waals surface area contributed by atoms with Gasteiger partial charge in [-0.2, -0.15) is 0 Å². The van der Waals surface area contributed by atoms with Gasteiger partial charge in [-0.05, 0) is 12.3 Å². The molecule has 0 atom stereocenters. The van der Waals surface area contributed by atoms with Gasteiger partial charge in [-0.15, -0.1) is 0 Å². The van der Waals surface area contributed by atoms with Crippen molar-refractivity contribution in [3.8, 4) is 0 Å². The van der Waals surface area contributed by atoms with Crippen LogP contribution in [0.2, 0.25) is 0 Å². The molecule has 0 aliphatic rings. The third-order valence-corrected chi connectivity index (χ3v) is 2.23. The smallest absolute Gasteiger partial charge is 0.339 e. The second-order valence-corrected chi connectivity index (χ2v) is 4.10. The third-order valence-electron chi connectivity index (χ3n) is 2.23. The van der Waals surface area contributed by atoms with E-state index in [1.165, 1.54) is 6.20 Å². The number of hydrogen-bond acceptors (Lipinski definition) is 4. The van der Waals surface area contributed by atoms with Crippen LogP contribution in [-0.4, -0.2) is 27.7 Å². The molecule has 1 aromatic rings. The Morgan fingerprint density at radius 2 is 2.24 bits per heavy atom. The molecule has 0 amide bonds. The maximum Gasteiger partial charge on any atom is 0.339 e. The van der Waals surface area contributed by atoms with Crippen LogP contribution in [0, 0.1) is 0 Å². The Balaban J connectivity index is 2.90. The molecule has 1 aromatic heterocycles. The van der Waals surface area contributed by atoms with Gasteiger partial charge >= 0.3 is 5.97 Å². The number of rotatable bonds is 6. The van der Waals surface area contributed by atoms with Crippen LogP contribution < -0.4 is 0 Å². The SMILES string of the molecule is CCCOCc1ncc(C(=O)O)c(C(C)C)n1. The van der Waals surface area contributed by atoms with Crippen molar-refractivity contribution < 1.29 is 14.6 Å². The molecule has 0 saturated carbocycles. The quantitative estimate of drug-likeness (QED) is 0.769. The monoisotopic (exact) mass is 238 g/mol. The second kappa shape index (κ2) is 6.30. The van der Waals surface area contributed by atoms with E-state index in [0.717, 1.165) is 6.42 Å². The van der Waals surface area contributed by atoms with Gasteiger partial charge in [0.15, 0.2) is 5.82 Å². The fourth-order valence-electron chi connectivity index (χ4n) is 1.42. The first-order chi connectivity index (χ1) is 8.06. The van der Waals surface area contributed by atoms with Crippen molar-refractivity contribution in [2.75, 3.05) is 6.61 Å². The van der Waals surface area contributed by atoms with Crippen LogP contribution in [0.4, 0.5) is 0 Å². The summed E-state index contributed by atoms with van der Waals surface area (Å²) in [6.07, 6.45) is 2.29. The Labute approximate surface area is 101 Å². The molecule has 0 fully saturated rings. The minimum atomic E-state index is -0.991. The summed E-state index contributed by atoms with van der Waals surface area (Å²) in [7, 11) is 0. The van der Waals surface area contributed by atoms with Gasteiger partial charge in [-0.25, -0.2) is 14.8 Å².